The van der Waals surface area contributed by atoms with E-state index >= 15 is 0 Å². The van der Waals surface area contributed by atoms with Crippen molar-refractivity contribution in [2.75, 3.05) is 0 Å². The fourth-order valence-electron chi connectivity index (χ4n) is 2.03. The predicted octanol–water partition coefficient (Wildman–Crippen LogP) is 3.95. The van der Waals surface area contributed by atoms with E-state index in [2.05, 4.69) is 25.8 Å². The Morgan fingerprint density at radius 1 is 1.30 bits per heavy atom. The van der Waals surface area contributed by atoms with E-state index in [1.165, 1.54) is 5.56 Å². The van der Waals surface area contributed by atoms with Gasteiger partial charge in [-0.05, 0) is 23.1 Å². The van der Waals surface area contributed by atoms with Crippen molar-refractivity contribution in [3.05, 3.63) is 29.7 Å². The van der Waals surface area contributed by atoms with Crippen molar-refractivity contribution < 1.29 is 14.3 Å². The Morgan fingerprint density at radius 2 is 1.95 bits per heavy atom. The van der Waals surface area contributed by atoms with Crippen LogP contribution in [0.25, 0.3) is 11.1 Å². The van der Waals surface area contributed by atoms with Crippen molar-refractivity contribution in [1.82, 2.24) is 4.98 Å². The van der Waals surface area contributed by atoms with Gasteiger partial charge in [0.1, 0.15) is 5.52 Å². The highest BCUT2D eigenvalue weighted by Crippen LogP contribution is 2.30. The van der Waals surface area contributed by atoms with Crippen LogP contribution in [0.15, 0.2) is 22.6 Å². The molecule has 1 aromatic heterocycles. The molecule has 4 heteroatoms. The minimum Gasteiger partial charge on any atom is -0.481 e. The van der Waals surface area contributed by atoms with Crippen LogP contribution in [0.1, 0.15) is 52.0 Å². The average molecular weight is 275 g/mol. The summed E-state index contributed by atoms with van der Waals surface area (Å²) >= 11 is 0. The average Bonchev–Trinajstić information content (AvgIpc) is 2.78. The van der Waals surface area contributed by atoms with E-state index in [9.17, 15) is 4.79 Å². The second-order valence-corrected chi connectivity index (χ2v) is 6.40. The highest BCUT2D eigenvalue weighted by atomic mass is 16.4. The molecule has 0 radical (unpaired) electrons. The molecule has 0 fully saturated rings. The first kappa shape index (κ1) is 14.6. The summed E-state index contributed by atoms with van der Waals surface area (Å²) in [5.74, 6) is -1.13. The minimum atomic E-state index is -0.838. The lowest BCUT2D eigenvalue weighted by Gasteiger charge is -2.18. The van der Waals surface area contributed by atoms with Gasteiger partial charge in [-0.1, -0.05) is 40.7 Å². The van der Waals surface area contributed by atoms with Crippen molar-refractivity contribution in [2.45, 2.75) is 46.0 Å². The number of fused-ring (bicyclic) bond motifs is 1. The first-order valence-electron chi connectivity index (χ1n) is 6.84. The Morgan fingerprint density at radius 3 is 2.50 bits per heavy atom. The maximum absolute atomic E-state index is 11.0. The molecule has 0 aliphatic heterocycles. The molecule has 1 heterocycles. The maximum Gasteiger partial charge on any atom is 0.307 e. The molecule has 2 rings (SSSR count). The third-order valence-corrected chi connectivity index (χ3v) is 3.80. The van der Waals surface area contributed by atoms with Gasteiger partial charge in [0.2, 0.25) is 0 Å². The lowest BCUT2D eigenvalue weighted by Crippen LogP contribution is -2.16. The number of aromatic nitrogens is 1. The second kappa shape index (κ2) is 4.93. The fraction of sp³-hybridized carbons (Fsp3) is 0.500. The Kier molecular flexibility index (Phi) is 3.59. The van der Waals surface area contributed by atoms with Crippen LogP contribution in [-0.2, 0) is 10.2 Å². The maximum atomic E-state index is 11.0. The van der Waals surface area contributed by atoms with Crippen LogP contribution in [0.3, 0.4) is 0 Å². The summed E-state index contributed by atoms with van der Waals surface area (Å²) in [5.41, 5.74) is 2.73. The van der Waals surface area contributed by atoms with E-state index in [0.29, 0.717) is 11.5 Å². The highest BCUT2D eigenvalue weighted by molar-refractivity contribution is 5.74. The molecule has 2 atom stereocenters. The van der Waals surface area contributed by atoms with Gasteiger partial charge in [0.15, 0.2) is 11.5 Å². The third-order valence-electron chi connectivity index (χ3n) is 3.80. The molecule has 2 aromatic rings. The van der Waals surface area contributed by atoms with Gasteiger partial charge >= 0.3 is 5.97 Å². The number of carboxylic acids is 1. The molecule has 0 saturated carbocycles. The Labute approximate surface area is 118 Å². The summed E-state index contributed by atoms with van der Waals surface area (Å²) in [6.07, 6.45) is 0. The van der Waals surface area contributed by atoms with Crippen molar-refractivity contribution in [3.8, 4) is 0 Å². The molecule has 2 unspecified atom stereocenters. The summed E-state index contributed by atoms with van der Waals surface area (Å²) in [7, 11) is 0. The van der Waals surface area contributed by atoms with Crippen LogP contribution in [0.2, 0.25) is 0 Å². The van der Waals surface area contributed by atoms with Crippen molar-refractivity contribution in [3.63, 3.8) is 0 Å². The molecule has 1 aromatic carbocycles. The highest BCUT2D eigenvalue weighted by Gasteiger charge is 2.25. The number of carbonyl (C=O) groups is 1. The number of carboxylic acid groups (broad SMARTS) is 1. The molecular formula is C16H21NO3. The number of aliphatic carboxylic acids is 1. The molecule has 0 aliphatic carbocycles. The Bertz CT molecular complexity index is 637. The van der Waals surface area contributed by atoms with Crippen LogP contribution in [0.4, 0.5) is 0 Å². The number of hydrogen-bond acceptors (Lipinski definition) is 3. The SMILES string of the molecule is CC(C(=O)O)C(C)c1nc2cc(C(C)(C)C)ccc2o1. The van der Waals surface area contributed by atoms with E-state index in [1.807, 2.05) is 25.1 Å². The molecule has 1 N–H and O–H groups in total. The van der Waals surface area contributed by atoms with Crippen LogP contribution >= 0.6 is 0 Å². The van der Waals surface area contributed by atoms with Gasteiger partial charge in [-0.25, -0.2) is 4.98 Å². The molecule has 0 amide bonds. The number of nitrogens with zero attached hydrogens (tertiary/aromatic N) is 1. The van der Waals surface area contributed by atoms with E-state index < -0.39 is 11.9 Å². The van der Waals surface area contributed by atoms with Crippen LogP contribution in [0.5, 0.6) is 0 Å². The molecule has 4 nitrogen and oxygen atoms in total. The summed E-state index contributed by atoms with van der Waals surface area (Å²) in [5, 5.41) is 9.07. The normalized spacial score (nSPS) is 15.2. The lowest BCUT2D eigenvalue weighted by molar-refractivity contribution is -0.141. The monoisotopic (exact) mass is 275 g/mol. The van der Waals surface area contributed by atoms with Crippen molar-refractivity contribution in [2.24, 2.45) is 5.92 Å². The smallest absolute Gasteiger partial charge is 0.307 e. The van der Waals surface area contributed by atoms with Gasteiger partial charge in [0, 0.05) is 5.92 Å². The first-order valence-corrected chi connectivity index (χ1v) is 6.84. The zero-order chi connectivity index (χ0) is 15.1. The van der Waals surface area contributed by atoms with Gasteiger partial charge in [0.25, 0.3) is 0 Å². The minimum absolute atomic E-state index is 0.0489. The van der Waals surface area contributed by atoms with E-state index in [0.717, 1.165) is 5.52 Å². The second-order valence-electron chi connectivity index (χ2n) is 6.40. The van der Waals surface area contributed by atoms with Crippen LogP contribution < -0.4 is 0 Å². The summed E-state index contributed by atoms with van der Waals surface area (Å²) in [6, 6.07) is 5.95. The summed E-state index contributed by atoms with van der Waals surface area (Å²) < 4.78 is 5.69. The van der Waals surface area contributed by atoms with E-state index in [4.69, 9.17) is 9.52 Å². The van der Waals surface area contributed by atoms with Gasteiger partial charge in [-0.3, -0.25) is 4.79 Å². The lowest BCUT2D eigenvalue weighted by atomic mass is 9.87. The van der Waals surface area contributed by atoms with Crippen molar-refractivity contribution >= 4 is 17.1 Å². The zero-order valence-electron chi connectivity index (χ0n) is 12.6. The zero-order valence-corrected chi connectivity index (χ0v) is 12.6. The standard InChI is InChI=1S/C16H21NO3/c1-9(10(2)15(18)19)14-17-12-8-11(16(3,4)5)6-7-13(12)20-14/h6-10H,1-5H3,(H,18,19). The predicted molar refractivity (Wildman–Crippen MR) is 77.9 cm³/mol. The van der Waals surface area contributed by atoms with Crippen LogP contribution in [0, 0.1) is 5.92 Å². The van der Waals surface area contributed by atoms with Gasteiger partial charge in [0.05, 0.1) is 5.92 Å². The van der Waals surface area contributed by atoms with Crippen molar-refractivity contribution in [1.29, 1.82) is 0 Å². The number of benzene rings is 1. The molecule has 20 heavy (non-hydrogen) atoms. The molecule has 0 bridgehead atoms. The Hall–Kier alpha value is -1.84. The molecule has 0 spiro atoms. The summed E-state index contributed by atoms with van der Waals surface area (Å²) in [4.78, 5) is 15.5. The third kappa shape index (κ3) is 2.69. The van der Waals surface area contributed by atoms with E-state index in [-0.39, 0.29) is 11.3 Å². The van der Waals surface area contributed by atoms with Crippen LogP contribution in [-0.4, -0.2) is 16.1 Å². The number of oxazole rings is 1. The Balaban J connectivity index is 2.41. The first-order chi connectivity index (χ1) is 9.20. The molecule has 108 valence electrons. The fourth-order valence-corrected chi connectivity index (χ4v) is 2.03. The number of hydrogen-bond donors (Lipinski definition) is 1. The molecule has 0 aliphatic rings. The quantitative estimate of drug-likeness (QED) is 0.921. The van der Waals surface area contributed by atoms with Gasteiger partial charge in [-0.2, -0.15) is 0 Å². The topological polar surface area (TPSA) is 63.3 Å². The summed E-state index contributed by atoms with van der Waals surface area (Å²) in [6.45, 7) is 9.93. The van der Waals surface area contributed by atoms with Gasteiger partial charge in [-0.15, -0.1) is 0 Å². The molecule has 0 saturated heterocycles. The van der Waals surface area contributed by atoms with Gasteiger partial charge < -0.3 is 9.52 Å². The molecular weight excluding hydrogens is 254 g/mol. The van der Waals surface area contributed by atoms with E-state index in [1.54, 1.807) is 6.92 Å². The largest absolute Gasteiger partial charge is 0.481 e. The number of rotatable bonds is 3.